The molecule has 3 rings (SSSR count). The van der Waals surface area contributed by atoms with Gasteiger partial charge in [-0.1, -0.05) is 38.1 Å². The molecule has 0 aliphatic heterocycles. The summed E-state index contributed by atoms with van der Waals surface area (Å²) in [7, 11) is 0. The van der Waals surface area contributed by atoms with Crippen LogP contribution in [0, 0.1) is 5.92 Å². The van der Waals surface area contributed by atoms with E-state index < -0.39 is 0 Å². The van der Waals surface area contributed by atoms with E-state index in [1.807, 2.05) is 24.5 Å². The molecule has 120 valence electrons. The zero-order chi connectivity index (χ0) is 16.2. The van der Waals surface area contributed by atoms with Gasteiger partial charge in [0.25, 0.3) is 0 Å². The summed E-state index contributed by atoms with van der Waals surface area (Å²) in [5.41, 5.74) is 8.51. The van der Waals surface area contributed by atoms with Gasteiger partial charge < -0.3 is 10.3 Å². The van der Waals surface area contributed by atoms with Gasteiger partial charge in [0.2, 0.25) is 5.95 Å². The number of imidazole rings is 1. The molecular formula is C16H20N6S. The molecule has 1 atom stereocenters. The number of hydrogen-bond donors (Lipinski definition) is 1. The van der Waals surface area contributed by atoms with Crippen LogP contribution in [0.1, 0.15) is 26.0 Å². The number of nitrogens with two attached hydrogens (primary N) is 1. The lowest BCUT2D eigenvalue weighted by atomic mass is 10.1. The SMILES string of the molecule is CC[C@H](C)Cn1cnc2c(SCc3ccccn3)nc(N)nc21. The maximum Gasteiger partial charge on any atom is 0.223 e. The van der Waals surface area contributed by atoms with E-state index in [1.165, 1.54) is 0 Å². The first-order chi connectivity index (χ1) is 11.2. The molecule has 0 unspecified atom stereocenters. The minimum atomic E-state index is 0.284. The Balaban J connectivity index is 1.88. The number of thioether (sulfide) groups is 1. The Labute approximate surface area is 139 Å². The number of nitrogens with zero attached hydrogens (tertiary/aromatic N) is 5. The highest BCUT2D eigenvalue weighted by Crippen LogP contribution is 2.27. The number of nitrogen functional groups attached to an aromatic ring is 1. The summed E-state index contributed by atoms with van der Waals surface area (Å²) in [4.78, 5) is 17.6. The zero-order valence-electron chi connectivity index (χ0n) is 13.3. The minimum Gasteiger partial charge on any atom is -0.368 e. The van der Waals surface area contributed by atoms with Gasteiger partial charge in [-0.2, -0.15) is 4.98 Å². The highest BCUT2D eigenvalue weighted by Gasteiger charge is 2.14. The second-order valence-corrected chi connectivity index (χ2v) is 6.54. The molecule has 0 aliphatic rings. The van der Waals surface area contributed by atoms with Gasteiger partial charge in [-0.3, -0.25) is 4.98 Å². The summed E-state index contributed by atoms with van der Waals surface area (Å²) >= 11 is 1.59. The van der Waals surface area contributed by atoms with Gasteiger partial charge >= 0.3 is 0 Å². The summed E-state index contributed by atoms with van der Waals surface area (Å²) in [6.07, 6.45) is 4.73. The van der Waals surface area contributed by atoms with E-state index >= 15 is 0 Å². The number of anilines is 1. The van der Waals surface area contributed by atoms with Crippen molar-refractivity contribution in [3.05, 3.63) is 36.4 Å². The molecule has 3 heterocycles. The largest absolute Gasteiger partial charge is 0.368 e. The van der Waals surface area contributed by atoms with Gasteiger partial charge in [-0.25, -0.2) is 9.97 Å². The fourth-order valence-electron chi connectivity index (χ4n) is 2.26. The van der Waals surface area contributed by atoms with Crippen LogP contribution in [0.2, 0.25) is 0 Å². The average Bonchev–Trinajstić information content (AvgIpc) is 2.96. The van der Waals surface area contributed by atoms with E-state index in [-0.39, 0.29) is 5.95 Å². The molecule has 23 heavy (non-hydrogen) atoms. The van der Waals surface area contributed by atoms with E-state index in [4.69, 9.17) is 5.73 Å². The molecule has 0 aliphatic carbocycles. The second-order valence-electron chi connectivity index (χ2n) is 5.58. The first kappa shape index (κ1) is 15.7. The fourth-order valence-corrected chi connectivity index (χ4v) is 3.15. The first-order valence-corrected chi connectivity index (χ1v) is 8.67. The highest BCUT2D eigenvalue weighted by molar-refractivity contribution is 7.98. The summed E-state index contributed by atoms with van der Waals surface area (Å²) in [6, 6.07) is 5.88. The molecule has 0 radical (unpaired) electrons. The van der Waals surface area contributed by atoms with Gasteiger partial charge in [0.15, 0.2) is 5.65 Å². The Morgan fingerprint density at radius 3 is 2.87 bits per heavy atom. The van der Waals surface area contributed by atoms with E-state index in [1.54, 1.807) is 18.0 Å². The number of rotatable bonds is 6. The monoisotopic (exact) mass is 328 g/mol. The lowest BCUT2D eigenvalue weighted by Gasteiger charge is -2.10. The third-order valence-electron chi connectivity index (χ3n) is 3.74. The van der Waals surface area contributed by atoms with Gasteiger partial charge in [-0.05, 0) is 18.1 Å². The summed E-state index contributed by atoms with van der Waals surface area (Å²) in [5.74, 6) is 1.57. The predicted molar refractivity (Wildman–Crippen MR) is 93.0 cm³/mol. The molecule has 0 aromatic carbocycles. The Kier molecular flexibility index (Phi) is 4.76. The maximum absolute atomic E-state index is 5.89. The van der Waals surface area contributed by atoms with Crippen LogP contribution in [-0.4, -0.2) is 24.5 Å². The van der Waals surface area contributed by atoms with Crippen LogP contribution < -0.4 is 5.73 Å². The molecule has 3 aromatic rings. The van der Waals surface area contributed by atoms with Crippen LogP contribution in [0.15, 0.2) is 35.7 Å². The van der Waals surface area contributed by atoms with Crippen LogP contribution in [0.4, 0.5) is 5.95 Å². The smallest absolute Gasteiger partial charge is 0.223 e. The molecule has 0 bridgehead atoms. The second kappa shape index (κ2) is 6.95. The van der Waals surface area contributed by atoms with Crippen molar-refractivity contribution in [2.24, 2.45) is 5.92 Å². The quantitative estimate of drug-likeness (QED) is 0.553. The number of pyridine rings is 1. The van der Waals surface area contributed by atoms with E-state index in [9.17, 15) is 0 Å². The molecule has 0 fully saturated rings. The van der Waals surface area contributed by atoms with Crippen LogP contribution in [0.3, 0.4) is 0 Å². The highest BCUT2D eigenvalue weighted by atomic mass is 32.2. The van der Waals surface area contributed by atoms with Crippen LogP contribution in [0.25, 0.3) is 11.2 Å². The van der Waals surface area contributed by atoms with Crippen molar-refractivity contribution in [3.63, 3.8) is 0 Å². The van der Waals surface area contributed by atoms with Crippen molar-refractivity contribution in [2.75, 3.05) is 5.73 Å². The summed E-state index contributed by atoms with van der Waals surface area (Å²) in [6.45, 7) is 5.28. The van der Waals surface area contributed by atoms with Crippen LogP contribution in [0.5, 0.6) is 0 Å². The van der Waals surface area contributed by atoms with Crippen molar-refractivity contribution in [1.82, 2.24) is 24.5 Å². The molecular weight excluding hydrogens is 308 g/mol. The first-order valence-electron chi connectivity index (χ1n) is 7.68. The average molecular weight is 328 g/mol. The number of fused-ring (bicyclic) bond motifs is 1. The van der Waals surface area contributed by atoms with E-state index in [2.05, 4.69) is 38.4 Å². The third kappa shape index (κ3) is 3.61. The molecule has 0 amide bonds. The number of aromatic nitrogens is 5. The van der Waals surface area contributed by atoms with Crippen molar-refractivity contribution in [3.8, 4) is 0 Å². The van der Waals surface area contributed by atoms with Crippen molar-refractivity contribution >= 4 is 28.9 Å². The van der Waals surface area contributed by atoms with Crippen LogP contribution in [-0.2, 0) is 12.3 Å². The standard InChI is InChI=1S/C16H20N6S/c1-3-11(2)8-22-10-19-13-14(22)20-16(17)21-15(13)23-9-12-6-4-5-7-18-12/h4-7,10-11H,3,8-9H2,1-2H3,(H2,17,20,21)/t11-/m0/s1. The lowest BCUT2D eigenvalue weighted by molar-refractivity contribution is 0.474. The molecule has 6 nitrogen and oxygen atoms in total. The lowest BCUT2D eigenvalue weighted by Crippen LogP contribution is -2.07. The molecule has 0 spiro atoms. The normalized spacial score (nSPS) is 12.6. The molecule has 2 N–H and O–H groups in total. The molecule has 0 saturated heterocycles. The van der Waals surface area contributed by atoms with Crippen LogP contribution >= 0.6 is 11.8 Å². The van der Waals surface area contributed by atoms with Gasteiger partial charge in [0, 0.05) is 18.5 Å². The zero-order valence-corrected chi connectivity index (χ0v) is 14.1. The minimum absolute atomic E-state index is 0.284. The van der Waals surface area contributed by atoms with Gasteiger partial charge in [0.05, 0.1) is 12.0 Å². The van der Waals surface area contributed by atoms with Crippen molar-refractivity contribution < 1.29 is 0 Å². The van der Waals surface area contributed by atoms with Crippen molar-refractivity contribution in [1.29, 1.82) is 0 Å². The number of hydrogen-bond acceptors (Lipinski definition) is 6. The van der Waals surface area contributed by atoms with Gasteiger partial charge in [-0.15, -0.1) is 0 Å². The van der Waals surface area contributed by atoms with E-state index in [0.29, 0.717) is 5.92 Å². The molecule has 0 saturated carbocycles. The topological polar surface area (TPSA) is 82.5 Å². The molecule has 7 heteroatoms. The Morgan fingerprint density at radius 1 is 1.26 bits per heavy atom. The third-order valence-corrected chi connectivity index (χ3v) is 4.74. The Morgan fingerprint density at radius 2 is 2.13 bits per heavy atom. The predicted octanol–water partition coefficient (Wildman–Crippen LogP) is 3.14. The summed E-state index contributed by atoms with van der Waals surface area (Å²) < 4.78 is 2.06. The maximum atomic E-state index is 5.89. The molecule has 3 aromatic heterocycles. The summed E-state index contributed by atoms with van der Waals surface area (Å²) in [5, 5.41) is 0.807. The van der Waals surface area contributed by atoms with Crippen molar-refractivity contribution in [2.45, 2.75) is 37.6 Å². The fraction of sp³-hybridized carbons (Fsp3) is 0.375. The Bertz CT molecular complexity index is 786. The van der Waals surface area contributed by atoms with Gasteiger partial charge in [0.1, 0.15) is 10.5 Å². The van der Waals surface area contributed by atoms with E-state index in [0.717, 1.165) is 40.6 Å². The Hall–Kier alpha value is -2.15.